The quantitative estimate of drug-likeness (QED) is 0.726. The molecule has 3 aromatic rings. The van der Waals surface area contributed by atoms with Crippen LogP contribution in [0.15, 0.2) is 54.6 Å². The van der Waals surface area contributed by atoms with E-state index in [1.807, 2.05) is 42.5 Å². The highest BCUT2D eigenvalue weighted by atomic mass is 16.5. The first-order chi connectivity index (χ1) is 13.2. The molecular formula is C22H18N4O. The summed E-state index contributed by atoms with van der Waals surface area (Å²) in [5, 5.41) is 18.5. The van der Waals surface area contributed by atoms with Gasteiger partial charge in [0, 0.05) is 11.1 Å². The van der Waals surface area contributed by atoms with E-state index in [-0.39, 0.29) is 5.82 Å². The molecule has 0 saturated heterocycles. The van der Waals surface area contributed by atoms with Gasteiger partial charge in [0.05, 0.1) is 23.9 Å². The van der Waals surface area contributed by atoms with E-state index in [0.29, 0.717) is 29.0 Å². The van der Waals surface area contributed by atoms with Crippen molar-refractivity contribution in [3.05, 3.63) is 65.7 Å². The van der Waals surface area contributed by atoms with Gasteiger partial charge in [0.25, 0.3) is 0 Å². The lowest BCUT2D eigenvalue weighted by Gasteiger charge is -2.11. The van der Waals surface area contributed by atoms with Crippen molar-refractivity contribution in [1.82, 2.24) is 4.98 Å². The zero-order chi connectivity index (χ0) is 19.2. The topological polar surface area (TPSA) is 95.7 Å². The minimum atomic E-state index is 0.181. The van der Waals surface area contributed by atoms with Crippen LogP contribution in [-0.2, 0) is 0 Å². The molecule has 0 unspecified atom stereocenters. The summed E-state index contributed by atoms with van der Waals surface area (Å²) in [4.78, 5) is 4.36. The lowest BCUT2D eigenvalue weighted by Crippen LogP contribution is -2.00. The van der Waals surface area contributed by atoms with E-state index >= 15 is 0 Å². The monoisotopic (exact) mass is 354 g/mol. The molecule has 0 saturated carbocycles. The molecule has 0 radical (unpaired) electrons. The van der Waals surface area contributed by atoms with E-state index in [2.05, 4.69) is 24.0 Å². The van der Waals surface area contributed by atoms with Crippen LogP contribution in [0.1, 0.15) is 24.5 Å². The van der Waals surface area contributed by atoms with Gasteiger partial charge in [0.1, 0.15) is 23.2 Å². The van der Waals surface area contributed by atoms with E-state index in [9.17, 15) is 5.26 Å². The number of nitrogens with zero attached hydrogens (tertiary/aromatic N) is 3. The van der Waals surface area contributed by atoms with E-state index in [4.69, 9.17) is 15.7 Å². The summed E-state index contributed by atoms with van der Waals surface area (Å²) in [6, 6.07) is 20.7. The van der Waals surface area contributed by atoms with Crippen LogP contribution in [0.2, 0.25) is 0 Å². The maximum atomic E-state index is 9.53. The lowest BCUT2D eigenvalue weighted by molar-refractivity contribution is 0.317. The van der Waals surface area contributed by atoms with Crippen LogP contribution in [0.4, 0.5) is 5.82 Å². The number of nitrogens with two attached hydrogens (primary N) is 1. The Hall–Kier alpha value is -3.83. The van der Waals surface area contributed by atoms with Gasteiger partial charge in [0.2, 0.25) is 0 Å². The normalized spacial score (nSPS) is 10.0. The predicted octanol–water partition coefficient (Wildman–Crippen LogP) is 4.53. The summed E-state index contributed by atoms with van der Waals surface area (Å²) in [6.07, 6.45) is 0.940. The Morgan fingerprint density at radius 2 is 1.63 bits per heavy atom. The minimum absolute atomic E-state index is 0.181. The van der Waals surface area contributed by atoms with Gasteiger partial charge in [-0.15, -0.1) is 0 Å². The zero-order valence-corrected chi connectivity index (χ0v) is 14.9. The van der Waals surface area contributed by atoms with Crippen LogP contribution >= 0.6 is 0 Å². The summed E-state index contributed by atoms with van der Waals surface area (Å²) in [5.41, 5.74) is 10.0. The summed E-state index contributed by atoms with van der Waals surface area (Å²) < 4.78 is 5.61. The fourth-order valence-corrected chi connectivity index (χ4v) is 2.72. The number of nitriles is 2. The summed E-state index contributed by atoms with van der Waals surface area (Å²) in [5.74, 6) is 0.967. The summed E-state index contributed by atoms with van der Waals surface area (Å²) >= 11 is 0. The molecule has 0 spiro atoms. The van der Waals surface area contributed by atoms with Crippen LogP contribution in [0, 0.1) is 22.7 Å². The number of hydrogen-bond donors (Lipinski definition) is 1. The van der Waals surface area contributed by atoms with E-state index in [1.165, 1.54) is 0 Å². The van der Waals surface area contributed by atoms with E-state index < -0.39 is 0 Å². The smallest absolute Gasteiger partial charge is 0.142 e. The Balaban J connectivity index is 2.04. The Labute approximate surface area is 158 Å². The molecular weight excluding hydrogens is 336 g/mol. The average molecular weight is 354 g/mol. The van der Waals surface area contributed by atoms with Gasteiger partial charge in [-0.1, -0.05) is 31.2 Å². The number of aromatic nitrogens is 1. The average Bonchev–Trinajstić information content (AvgIpc) is 2.72. The molecule has 5 nitrogen and oxygen atoms in total. The standard InChI is InChI=1S/C22H18N4O/c1-2-11-27-18-9-7-16(8-10-18)19-12-21(26-22(25)20(19)14-24)17-5-3-15(13-23)4-6-17/h3-10,12H,2,11H2,1H3,(H2,25,26). The molecule has 0 fully saturated rings. The highest BCUT2D eigenvalue weighted by molar-refractivity contribution is 5.80. The SMILES string of the molecule is CCCOc1ccc(-c2cc(-c3ccc(C#N)cc3)nc(N)c2C#N)cc1. The van der Waals surface area contributed by atoms with Crippen molar-refractivity contribution in [3.8, 4) is 40.3 Å². The Kier molecular flexibility index (Phi) is 5.35. The zero-order valence-electron chi connectivity index (χ0n) is 14.9. The third-order valence-electron chi connectivity index (χ3n) is 4.11. The predicted molar refractivity (Wildman–Crippen MR) is 105 cm³/mol. The van der Waals surface area contributed by atoms with Gasteiger partial charge in [-0.3, -0.25) is 0 Å². The molecule has 132 valence electrons. The van der Waals surface area contributed by atoms with Crippen LogP contribution in [0.5, 0.6) is 5.75 Å². The van der Waals surface area contributed by atoms with Crippen molar-refractivity contribution < 1.29 is 4.74 Å². The molecule has 0 atom stereocenters. The third kappa shape index (κ3) is 3.89. The number of anilines is 1. The number of ether oxygens (including phenoxy) is 1. The van der Waals surface area contributed by atoms with Crippen molar-refractivity contribution in [2.24, 2.45) is 0 Å². The summed E-state index contributed by atoms with van der Waals surface area (Å²) in [6.45, 7) is 2.71. The first kappa shape index (κ1) is 18.0. The van der Waals surface area contributed by atoms with Gasteiger partial charge in [-0.25, -0.2) is 4.98 Å². The molecule has 0 aliphatic carbocycles. The van der Waals surface area contributed by atoms with Crippen LogP contribution < -0.4 is 10.5 Å². The van der Waals surface area contributed by atoms with Crippen LogP contribution in [-0.4, -0.2) is 11.6 Å². The molecule has 27 heavy (non-hydrogen) atoms. The van der Waals surface area contributed by atoms with E-state index in [1.54, 1.807) is 12.1 Å². The molecule has 0 bridgehead atoms. The molecule has 1 heterocycles. The van der Waals surface area contributed by atoms with Gasteiger partial charge in [0.15, 0.2) is 0 Å². The van der Waals surface area contributed by atoms with Crippen molar-refractivity contribution >= 4 is 5.82 Å². The van der Waals surface area contributed by atoms with Crippen LogP contribution in [0.3, 0.4) is 0 Å². The van der Waals surface area contributed by atoms with Gasteiger partial charge < -0.3 is 10.5 Å². The lowest BCUT2D eigenvalue weighted by atomic mass is 9.98. The van der Waals surface area contributed by atoms with Crippen molar-refractivity contribution in [2.75, 3.05) is 12.3 Å². The fourth-order valence-electron chi connectivity index (χ4n) is 2.72. The molecule has 2 N–H and O–H groups in total. The number of hydrogen-bond acceptors (Lipinski definition) is 5. The number of nitrogen functional groups attached to an aromatic ring is 1. The molecule has 2 aromatic carbocycles. The van der Waals surface area contributed by atoms with Gasteiger partial charge >= 0.3 is 0 Å². The molecule has 3 rings (SSSR count). The maximum Gasteiger partial charge on any atom is 0.142 e. The van der Waals surface area contributed by atoms with Gasteiger partial charge in [-0.05, 0) is 42.3 Å². The molecule has 0 aliphatic heterocycles. The Bertz CT molecular complexity index is 1030. The second kappa shape index (κ2) is 8.03. The fraction of sp³-hybridized carbons (Fsp3) is 0.136. The minimum Gasteiger partial charge on any atom is -0.494 e. The van der Waals surface area contributed by atoms with Gasteiger partial charge in [-0.2, -0.15) is 10.5 Å². The number of pyridine rings is 1. The van der Waals surface area contributed by atoms with Crippen molar-refractivity contribution in [1.29, 1.82) is 10.5 Å². The van der Waals surface area contributed by atoms with Crippen molar-refractivity contribution in [2.45, 2.75) is 13.3 Å². The first-order valence-electron chi connectivity index (χ1n) is 8.60. The largest absolute Gasteiger partial charge is 0.494 e. The number of rotatable bonds is 5. The highest BCUT2D eigenvalue weighted by Gasteiger charge is 2.13. The third-order valence-corrected chi connectivity index (χ3v) is 4.11. The summed E-state index contributed by atoms with van der Waals surface area (Å²) in [7, 11) is 0. The molecule has 0 aliphatic rings. The maximum absolute atomic E-state index is 9.53. The molecule has 1 aromatic heterocycles. The van der Waals surface area contributed by atoms with Crippen molar-refractivity contribution in [3.63, 3.8) is 0 Å². The molecule has 5 heteroatoms. The Morgan fingerprint density at radius 1 is 0.963 bits per heavy atom. The number of benzene rings is 2. The first-order valence-corrected chi connectivity index (χ1v) is 8.60. The molecule has 0 amide bonds. The second-order valence-electron chi connectivity index (χ2n) is 5.99. The van der Waals surface area contributed by atoms with Crippen LogP contribution in [0.25, 0.3) is 22.4 Å². The van der Waals surface area contributed by atoms with E-state index in [0.717, 1.165) is 23.3 Å². The Morgan fingerprint density at radius 3 is 2.22 bits per heavy atom. The second-order valence-corrected chi connectivity index (χ2v) is 5.99. The highest BCUT2D eigenvalue weighted by Crippen LogP contribution is 2.32.